The number of hydrogen-bond donors (Lipinski definition) is 3. The number of imidazole rings is 1. The smallest absolute Gasteiger partial charge is 0.410 e. The average molecular weight is 719 g/mol. The van der Waals surface area contributed by atoms with E-state index in [2.05, 4.69) is 103 Å². The minimum absolute atomic E-state index is 0.0246. The molecule has 2 heterocycles. The van der Waals surface area contributed by atoms with Crippen LogP contribution >= 0.6 is 0 Å². The van der Waals surface area contributed by atoms with E-state index < -0.39 is 5.60 Å². The highest BCUT2D eigenvalue weighted by Crippen LogP contribution is 2.33. The fourth-order valence-corrected chi connectivity index (χ4v) is 6.76. The number of carbonyl (C=O) groups excluding carboxylic acids is 2. The van der Waals surface area contributed by atoms with Gasteiger partial charge in [0.1, 0.15) is 11.4 Å². The quantitative estimate of drug-likeness (QED) is 0.127. The van der Waals surface area contributed by atoms with Crippen LogP contribution in [0.1, 0.15) is 98.5 Å². The van der Waals surface area contributed by atoms with E-state index in [0.29, 0.717) is 13.1 Å². The molecule has 5 rings (SSSR count). The maximum absolute atomic E-state index is 13.1. The number of carbonyl (C=O) groups is 2. The lowest BCUT2D eigenvalue weighted by molar-refractivity contribution is -0.134. The molecule has 53 heavy (non-hydrogen) atoms. The number of benzene rings is 3. The third-order valence-corrected chi connectivity index (χ3v) is 10.0. The van der Waals surface area contributed by atoms with Gasteiger partial charge in [0.15, 0.2) is 0 Å². The van der Waals surface area contributed by atoms with E-state index >= 15 is 0 Å². The van der Waals surface area contributed by atoms with Gasteiger partial charge >= 0.3 is 6.09 Å². The molecule has 9 heteroatoms. The van der Waals surface area contributed by atoms with E-state index in [1.165, 1.54) is 5.57 Å². The Kier molecular flexibility index (Phi) is 12.8. The van der Waals surface area contributed by atoms with Gasteiger partial charge in [-0.2, -0.15) is 0 Å². The van der Waals surface area contributed by atoms with Gasteiger partial charge in [-0.15, -0.1) is 0 Å². The summed E-state index contributed by atoms with van der Waals surface area (Å²) < 4.78 is 5.74. The monoisotopic (exact) mass is 718 g/mol. The van der Waals surface area contributed by atoms with Crippen LogP contribution in [0.3, 0.4) is 0 Å². The van der Waals surface area contributed by atoms with Gasteiger partial charge in [0, 0.05) is 24.5 Å². The zero-order chi connectivity index (χ0) is 38.3. The minimum atomic E-state index is -0.555. The van der Waals surface area contributed by atoms with Gasteiger partial charge in [0.25, 0.3) is 0 Å². The molecular weight excluding hydrogens is 661 g/mol. The third-order valence-electron chi connectivity index (χ3n) is 10.0. The number of H-pyrrole nitrogens is 1. The SMILES string of the molecule is C/C=C(\N/C(CN(CCC)C(=O)OC(C)(C)C)=C(/C)CC)c1ccc2cc(-c3ccc(-c4cnc([C@@H]5CCCN5C(=O)[C@H](C)NC)[nH]4)cc3)ccc2c1. The number of aromatic amines is 1. The first-order valence-electron chi connectivity index (χ1n) is 19.1. The van der Waals surface area contributed by atoms with Crippen molar-refractivity contribution in [2.45, 2.75) is 98.8 Å². The Balaban J connectivity index is 1.30. The lowest BCUT2D eigenvalue weighted by Crippen LogP contribution is -2.43. The second-order valence-electron chi connectivity index (χ2n) is 15.1. The fraction of sp³-hybridized carbons (Fsp3) is 0.432. The number of nitrogens with one attached hydrogen (secondary N) is 3. The van der Waals surface area contributed by atoms with Gasteiger partial charge in [0.05, 0.1) is 30.5 Å². The van der Waals surface area contributed by atoms with Gasteiger partial charge in [0.2, 0.25) is 5.91 Å². The molecular formula is C44H58N6O3. The highest BCUT2D eigenvalue weighted by molar-refractivity contribution is 5.90. The van der Waals surface area contributed by atoms with E-state index in [4.69, 9.17) is 9.72 Å². The Morgan fingerprint density at radius 3 is 2.38 bits per heavy atom. The molecule has 0 radical (unpaired) electrons. The van der Waals surface area contributed by atoms with Crippen molar-refractivity contribution in [3.05, 3.63) is 95.6 Å². The van der Waals surface area contributed by atoms with Crippen molar-refractivity contribution in [1.29, 1.82) is 0 Å². The number of likely N-dealkylation sites (N-methyl/N-ethyl adjacent to an activating group) is 1. The molecule has 2 amide bonds. The summed E-state index contributed by atoms with van der Waals surface area (Å²) in [5, 5.41) is 9.07. The van der Waals surface area contributed by atoms with Crippen molar-refractivity contribution in [2.75, 3.05) is 26.7 Å². The number of aromatic nitrogens is 2. The van der Waals surface area contributed by atoms with Gasteiger partial charge in [-0.3, -0.25) is 4.79 Å². The molecule has 1 fully saturated rings. The zero-order valence-electron chi connectivity index (χ0n) is 33.1. The Bertz CT molecular complexity index is 1950. The molecule has 0 bridgehead atoms. The standard InChI is InChI=1S/C44H58N6O3/c1-10-23-49(43(52)53-44(6,7)8)28-39(29(4)11-2)47-37(12-3)36-22-21-34-25-33(19-20-35(34)26-36)31-15-17-32(18-16-31)38-27-46-41(48-38)40-14-13-24-50(40)42(51)30(5)45-9/h12,15-22,25-27,30,40,45,47H,10-11,13-14,23-24,28H2,1-9H3,(H,46,48)/b37-12-,39-29-/t30-,40-/m0/s1. The van der Waals surface area contributed by atoms with E-state index in [1.54, 1.807) is 4.90 Å². The van der Waals surface area contributed by atoms with Crippen LogP contribution in [0.15, 0.2) is 84.2 Å². The molecule has 0 aliphatic carbocycles. The highest BCUT2D eigenvalue weighted by Gasteiger charge is 2.33. The Hall–Kier alpha value is -4.89. The first-order valence-corrected chi connectivity index (χ1v) is 19.1. The molecule has 1 aromatic heterocycles. The van der Waals surface area contributed by atoms with E-state index in [1.807, 2.05) is 52.8 Å². The van der Waals surface area contributed by atoms with Crippen LogP contribution in [0, 0.1) is 0 Å². The molecule has 0 spiro atoms. The summed E-state index contributed by atoms with van der Waals surface area (Å²) >= 11 is 0. The number of fused-ring (bicyclic) bond motifs is 1. The predicted molar refractivity (Wildman–Crippen MR) is 217 cm³/mol. The molecule has 3 N–H and O–H groups in total. The van der Waals surface area contributed by atoms with Crippen LogP contribution in [0.2, 0.25) is 0 Å². The lowest BCUT2D eigenvalue weighted by Gasteiger charge is -2.29. The molecule has 0 unspecified atom stereocenters. The van der Waals surface area contributed by atoms with Crippen LogP contribution in [0.25, 0.3) is 38.9 Å². The van der Waals surface area contributed by atoms with Crippen LogP contribution in [0.4, 0.5) is 4.79 Å². The highest BCUT2D eigenvalue weighted by atomic mass is 16.6. The summed E-state index contributed by atoms with van der Waals surface area (Å²) in [7, 11) is 1.82. The van der Waals surface area contributed by atoms with Gasteiger partial charge in [-0.1, -0.05) is 74.0 Å². The Labute approximate surface area is 315 Å². The molecule has 282 valence electrons. The summed E-state index contributed by atoms with van der Waals surface area (Å²) in [6.45, 7) is 17.8. The number of ether oxygens (including phenoxy) is 1. The fourth-order valence-electron chi connectivity index (χ4n) is 6.76. The maximum atomic E-state index is 13.1. The van der Waals surface area contributed by atoms with Crippen molar-refractivity contribution in [2.24, 2.45) is 0 Å². The first kappa shape index (κ1) is 39.3. The number of likely N-dealkylation sites (tertiary alicyclic amines) is 1. The van der Waals surface area contributed by atoms with E-state index in [9.17, 15) is 9.59 Å². The van der Waals surface area contributed by atoms with E-state index in [-0.39, 0.29) is 24.1 Å². The van der Waals surface area contributed by atoms with Crippen LogP contribution in [0.5, 0.6) is 0 Å². The number of amides is 2. The number of allylic oxidation sites excluding steroid dienone is 2. The molecule has 0 saturated carbocycles. The van der Waals surface area contributed by atoms with Crippen molar-refractivity contribution in [1.82, 2.24) is 30.4 Å². The first-order chi connectivity index (χ1) is 25.3. The van der Waals surface area contributed by atoms with Crippen molar-refractivity contribution in [3.63, 3.8) is 0 Å². The van der Waals surface area contributed by atoms with Crippen LogP contribution in [-0.2, 0) is 9.53 Å². The summed E-state index contributed by atoms with van der Waals surface area (Å²) in [4.78, 5) is 38.0. The van der Waals surface area contributed by atoms with Crippen molar-refractivity contribution >= 4 is 28.5 Å². The van der Waals surface area contributed by atoms with E-state index in [0.717, 1.165) is 88.2 Å². The van der Waals surface area contributed by atoms with Crippen molar-refractivity contribution in [3.8, 4) is 22.4 Å². The lowest BCUT2D eigenvalue weighted by atomic mass is 9.98. The average Bonchev–Trinajstić information content (AvgIpc) is 3.85. The molecule has 1 aliphatic rings. The third kappa shape index (κ3) is 9.57. The summed E-state index contributed by atoms with van der Waals surface area (Å²) in [6.07, 6.45) is 7.27. The second-order valence-corrected chi connectivity index (χ2v) is 15.1. The number of nitrogens with zero attached hydrogens (tertiary/aromatic N) is 3. The zero-order valence-corrected chi connectivity index (χ0v) is 33.1. The molecule has 1 aliphatic heterocycles. The summed E-state index contributed by atoms with van der Waals surface area (Å²) in [5.41, 5.74) is 8.02. The molecule has 1 saturated heterocycles. The largest absolute Gasteiger partial charge is 0.444 e. The topological polar surface area (TPSA) is 103 Å². The number of rotatable bonds is 13. The van der Waals surface area contributed by atoms with Crippen LogP contribution < -0.4 is 10.6 Å². The van der Waals surface area contributed by atoms with Crippen LogP contribution in [-0.4, -0.2) is 70.1 Å². The molecule has 4 aromatic rings. The molecule has 9 nitrogen and oxygen atoms in total. The molecule has 2 atom stereocenters. The Morgan fingerprint density at radius 1 is 1.04 bits per heavy atom. The predicted octanol–water partition coefficient (Wildman–Crippen LogP) is 9.45. The van der Waals surface area contributed by atoms with Gasteiger partial charge in [-0.05, 0) is 119 Å². The summed E-state index contributed by atoms with van der Waals surface area (Å²) in [6, 6.07) is 21.4. The minimum Gasteiger partial charge on any atom is -0.444 e. The van der Waals surface area contributed by atoms with Gasteiger partial charge < -0.3 is 30.2 Å². The summed E-state index contributed by atoms with van der Waals surface area (Å²) in [5.74, 6) is 0.956. The second kappa shape index (κ2) is 17.3. The van der Waals surface area contributed by atoms with Crippen molar-refractivity contribution < 1.29 is 14.3 Å². The normalized spacial score (nSPS) is 16.1. The Morgan fingerprint density at radius 2 is 1.72 bits per heavy atom. The van der Waals surface area contributed by atoms with Gasteiger partial charge in [-0.25, -0.2) is 9.78 Å². The number of hydrogen-bond acceptors (Lipinski definition) is 6. The maximum Gasteiger partial charge on any atom is 0.410 e. The molecule has 3 aromatic carbocycles.